The Morgan fingerprint density at radius 2 is 1.62 bits per heavy atom. The second-order valence-corrected chi connectivity index (χ2v) is 8.90. The minimum atomic E-state index is -1.06. The van der Waals surface area contributed by atoms with Gasteiger partial charge in [0.05, 0.1) is 12.0 Å². The molecule has 2 amide bonds. The molecule has 0 fully saturated rings. The largest absolute Gasteiger partial charge is 0.467 e. The molecule has 7 nitrogen and oxygen atoms in total. The molecular weight excluding hydrogens is 484 g/mol. The average molecular weight is 509 g/mol. The lowest BCUT2D eigenvalue weighted by Gasteiger charge is -2.31. The van der Waals surface area contributed by atoms with Crippen LogP contribution in [-0.4, -0.2) is 27.9 Å². The zero-order chi connectivity index (χ0) is 25.5. The Balaban J connectivity index is 1.56. The molecule has 0 saturated carbocycles. The van der Waals surface area contributed by atoms with Crippen LogP contribution in [0.2, 0.25) is 0 Å². The topological polar surface area (TPSA) is 88.3 Å². The van der Waals surface area contributed by atoms with E-state index in [2.05, 4.69) is 14.9 Å². The number of rotatable bonds is 9. The van der Waals surface area contributed by atoms with E-state index < -0.39 is 11.9 Å². The van der Waals surface area contributed by atoms with Crippen LogP contribution in [0.15, 0.2) is 113 Å². The summed E-state index contributed by atoms with van der Waals surface area (Å²) >= 11 is 1.08. The van der Waals surface area contributed by atoms with Crippen LogP contribution >= 0.6 is 11.5 Å². The van der Waals surface area contributed by atoms with E-state index >= 15 is 0 Å². The zero-order valence-corrected chi connectivity index (χ0v) is 20.7. The number of nitrogens with one attached hydrogen (secondary N) is 1. The van der Waals surface area contributed by atoms with Crippen LogP contribution in [0.25, 0.3) is 11.1 Å². The van der Waals surface area contributed by atoms with E-state index in [0.29, 0.717) is 24.4 Å². The summed E-state index contributed by atoms with van der Waals surface area (Å²) in [5, 5.41) is 8.58. The SMILES string of the molecule is O=C(NCCc1ccccc1)[C@H](c1ccco1)N(C(=O)c1csnn1)c1ccccc1-c1ccccc1. The molecule has 3 aromatic carbocycles. The molecule has 0 aliphatic heterocycles. The van der Waals surface area contributed by atoms with Crippen LogP contribution in [0.1, 0.15) is 27.9 Å². The lowest BCUT2D eigenvalue weighted by molar-refractivity contribution is -0.122. The van der Waals surface area contributed by atoms with Crippen molar-refractivity contribution in [3.8, 4) is 11.1 Å². The molecule has 0 bridgehead atoms. The van der Waals surface area contributed by atoms with Gasteiger partial charge in [-0.25, -0.2) is 0 Å². The molecule has 1 N–H and O–H groups in total. The van der Waals surface area contributed by atoms with Gasteiger partial charge < -0.3 is 9.73 Å². The molecule has 1 atom stereocenters. The minimum absolute atomic E-state index is 0.154. The molecule has 37 heavy (non-hydrogen) atoms. The van der Waals surface area contributed by atoms with Gasteiger partial charge in [0.2, 0.25) is 0 Å². The van der Waals surface area contributed by atoms with E-state index in [9.17, 15) is 9.59 Å². The van der Waals surface area contributed by atoms with Crippen LogP contribution in [0.4, 0.5) is 5.69 Å². The Morgan fingerprint density at radius 1 is 0.892 bits per heavy atom. The maximum absolute atomic E-state index is 13.9. The zero-order valence-electron chi connectivity index (χ0n) is 19.9. The molecule has 5 rings (SSSR count). The van der Waals surface area contributed by atoms with Gasteiger partial charge >= 0.3 is 0 Å². The third kappa shape index (κ3) is 5.49. The number of hydrogen-bond donors (Lipinski definition) is 1. The predicted octanol–water partition coefficient (Wildman–Crippen LogP) is 5.55. The maximum atomic E-state index is 13.9. The molecule has 8 heteroatoms. The monoisotopic (exact) mass is 508 g/mol. The third-order valence-electron chi connectivity index (χ3n) is 5.92. The summed E-state index contributed by atoms with van der Waals surface area (Å²) in [5.74, 6) is -0.460. The maximum Gasteiger partial charge on any atom is 0.280 e. The van der Waals surface area contributed by atoms with Crippen LogP contribution < -0.4 is 10.2 Å². The Bertz CT molecular complexity index is 1440. The van der Waals surface area contributed by atoms with Gasteiger partial charge in [-0.05, 0) is 47.3 Å². The second-order valence-electron chi connectivity index (χ2n) is 8.29. The van der Waals surface area contributed by atoms with E-state index in [1.807, 2.05) is 84.9 Å². The van der Waals surface area contributed by atoms with Crippen molar-refractivity contribution >= 4 is 29.0 Å². The molecule has 0 spiro atoms. The molecule has 2 heterocycles. The Morgan fingerprint density at radius 3 is 2.32 bits per heavy atom. The Hall–Kier alpha value is -4.56. The Kier molecular flexibility index (Phi) is 7.47. The van der Waals surface area contributed by atoms with E-state index in [-0.39, 0.29) is 11.6 Å². The number of carbonyl (C=O) groups excluding carboxylic acids is 2. The van der Waals surface area contributed by atoms with Crippen molar-refractivity contribution in [3.63, 3.8) is 0 Å². The first-order valence-corrected chi connectivity index (χ1v) is 12.7. The van der Waals surface area contributed by atoms with Crippen molar-refractivity contribution in [2.24, 2.45) is 0 Å². The molecule has 0 radical (unpaired) electrons. The van der Waals surface area contributed by atoms with Gasteiger partial charge in [-0.3, -0.25) is 14.5 Å². The number of carbonyl (C=O) groups is 2. The van der Waals surface area contributed by atoms with E-state index in [4.69, 9.17) is 4.42 Å². The fraction of sp³-hybridized carbons (Fsp3) is 0.103. The highest BCUT2D eigenvalue weighted by molar-refractivity contribution is 7.03. The number of benzene rings is 3. The molecule has 0 unspecified atom stereocenters. The highest BCUT2D eigenvalue weighted by Gasteiger charge is 2.37. The molecule has 5 aromatic rings. The van der Waals surface area contributed by atoms with Gasteiger partial charge in [-0.2, -0.15) is 0 Å². The van der Waals surface area contributed by atoms with Crippen LogP contribution in [-0.2, 0) is 11.2 Å². The van der Waals surface area contributed by atoms with Crippen LogP contribution in [0.3, 0.4) is 0 Å². The molecule has 0 aliphatic rings. The first-order chi connectivity index (χ1) is 18.2. The summed E-state index contributed by atoms with van der Waals surface area (Å²) in [6.45, 7) is 0.403. The first kappa shape index (κ1) is 24.1. The van der Waals surface area contributed by atoms with Gasteiger partial charge in [0, 0.05) is 17.5 Å². The molecular formula is C29H24N4O3S. The summed E-state index contributed by atoms with van der Waals surface area (Å²) in [5.41, 5.74) is 3.53. The normalized spacial score (nSPS) is 11.6. The van der Waals surface area contributed by atoms with Crippen molar-refractivity contribution < 1.29 is 14.0 Å². The summed E-state index contributed by atoms with van der Waals surface area (Å²) in [6, 6.07) is 29.5. The number of para-hydroxylation sites is 1. The lowest BCUT2D eigenvalue weighted by Crippen LogP contribution is -2.44. The number of furan rings is 1. The highest BCUT2D eigenvalue weighted by Crippen LogP contribution is 2.37. The van der Waals surface area contributed by atoms with E-state index in [1.165, 1.54) is 11.2 Å². The Labute approximate surface area is 218 Å². The van der Waals surface area contributed by atoms with Gasteiger partial charge in [0.15, 0.2) is 11.7 Å². The highest BCUT2D eigenvalue weighted by atomic mass is 32.1. The molecule has 0 saturated heterocycles. The predicted molar refractivity (Wildman–Crippen MR) is 143 cm³/mol. The number of nitrogens with zero attached hydrogens (tertiary/aromatic N) is 3. The van der Waals surface area contributed by atoms with Crippen molar-refractivity contribution in [2.75, 3.05) is 11.4 Å². The number of amides is 2. The standard InChI is InChI=1S/C29H24N4O3S/c34-28(30-18-17-21-10-3-1-4-11-21)27(26-16-9-19-36-26)33(29(35)24-20-37-32-31-24)25-15-8-7-14-23(25)22-12-5-2-6-13-22/h1-16,19-20,27H,17-18H2,(H,30,34)/t27-/m0/s1. The quantitative estimate of drug-likeness (QED) is 0.282. The summed E-state index contributed by atoms with van der Waals surface area (Å²) < 4.78 is 9.58. The summed E-state index contributed by atoms with van der Waals surface area (Å²) in [7, 11) is 0. The smallest absolute Gasteiger partial charge is 0.280 e. The number of hydrogen-bond acceptors (Lipinski definition) is 6. The van der Waals surface area contributed by atoms with Crippen LogP contribution in [0, 0.1) is 0 Å². The van der Waals surface area contributed by atoms with Crippen molar-refractivity contribution in [1.29, 1.82) is 0 Å². The fourth-order valence-electron chi connectivity index (χ4n) is 4.18. The van der Waals surface area contributed by atoms with Crippen molar-refractivity contribution in [3.05, 3.63) is 126 Å². The minimum Gasteiger partial charge on any atom is -0.467 e. The lowest BCUT2D eigenvalue weighted by atomic mass is 10.0. The van der Waals surface area contributed by atoms with E-state index in [0.717, 1.165) is 28.2 Å². The summed E-state index contributed by atoms with van der Waals surface area (Å²) in [6.07, 6.45) is 2.15. The average Bonchev–Trinajstić information content (AvgIpc) is 3.68. The van der Waals surface area contributed by atoms with Gasteiger partial charge in [0.25, 0.3) is 11.8 Å². The van der Waals surface area contributed by atoms with E-state index in [1.54, 1.807) is 17.5 Å². The summed E-state index contributed by atoms with van der Waals surface area (Å²) in [4.78, 5) is 29.2. The molecule has 0 aliphatic carbocycles. The van der Waals surface area contributed by atoms with Gasteiger partial charge in [-0.1, -0.05) is 83.4 Å². The fourth-order valence-corrected chi connectivity index (χ4v) is 4.61. The van der Waals surface area contributed by atoms with Crippen LogP contribution in [0.5, 0.6) is 0 Å². The van der Waals surface area contributed by atoms with Crippen molar-refractivity contribution in [1.82, 2.24) is 14.9 Å². The number of aromatic nitrogens is 2. The van der Waals surface area contributed by atoms with Gasteiger partial charge in [-0.15, -0.1) is 5.10 Å². The second kappa shape index (κ2) is 11.5. The van der Waals surface area contributed by atoms with Crippen molar-refractivity contribution in [2.45, 2.75) is 12.5 Å². The molecule has 2 aromatic heterocycles. The molecule has 184 valence electrons. The third-order valence-corrected chi connectivity index (χ3v) is 6.43. The number of anilines is 1. The first-order valence-electron chi connectivity index (χ1n) is 11.8. The van der Waals surface area contributed by atoms with Gasteiger partial charge in [0.1, 0.15) is 5.76 Å².